The Balaban J connectivity index is 1.44. The lowest BCUT2D eigenvalue weighted by atomic mass is 9.83. The molecule has 27 heavy (non-hydrogen) atoms. The zero-order valence-electron chi connectivity index (χ0n) is 15.8. The number of para-hydroxylation sites is 1. The van der Waals surface area contributed by atoms with Crippen LogP contribution in [-0.2, 0) is 0 Å². The molecule has 0 radical (unpaired) electrons. The van der Waals surface area contributed by atoms with Gasteiger partial charge in [0.25, 0.3) is 5.91 Å². The maximum atomic E-state index is 14.0. The summed E-state index contributed by atoms with van der Waals surface area (Å²) < 4.78 is 15.5. The second-order valence-electron chi connectivity index (χ2n) is 7.72. The summed E-state index contributed by atoms with van der Waals surface area (Å²) in [6.45, 7) is 4.90. The highest BCUT2D eigenvalue weighted by Crippen LogP contribution is 2.30. The van der Waals surface area contributed by atoms with Crippen molar-refractivity contribution in [2.45, 2.75) is 45.1 Å². The minimum absolute atomic E-state index is 0.122. The second kappa shape index (κ2) is 7.80. The van der Waals surface area contributed by atoms with Crippen molar-refractivity contribution in [3.8, 4) is 5.69 Å². The number of amides is 1. The predicted molar refractivity (Wildman–Crippen MR) is 103 cm³/mol. The molecule has 6 heteroatoms. The molecule has 0 aliphatic carbocycles. The van der Waals surface area contributed by atoms with Gasteiger partial charge in [0.2, 0.25) is 0 Å². The number of hydrogen-bond acceptors (Lipinski definition) is 3. The maximum absolute atomic E-state index is 14.0. The van der Waals surface area contributed by atoms with Crippen LogP contribution >= 0.6 is 0 Å². The first-order chi connectivity index (χ1) is 13.1. The summed E-state index contributed by atoms with van der Waals surface area (Å²) in [5, 5.41) is 7.35. The summed E-state index contributed by atoms with van der Waals surface area (Å²) in [4.78, 5) is 15.3. The summed E-state index contributed by atoms with van der Waals surface area (Å²) in [5.74, 6) is 0.0446. The topological polar surface area (TPSA) is 50.2 Å². The number of nitrogens with zero attached hydrogens (tertiary/aromatic N) is 3. The van der Waals surface area contributed by atoms with Gasteiger partial charge in [0.05, 0.1) is 17.5 Å². The molecule has 4 rings (SSSR count). The number of carbonyl (C=O) groups excluding carboxylic acids is 1. The van der Waals surface area contributed by atoms with Crippen molar-refractivity contribution in [2.24, 2.45) is 5.92 Å². The molecule has 0 saturated carbocycles. The quantitative estimate of drug-likeness (QED) is 0.898. The van der Waals surface area contributed by atoms with Gasteiger partial charge in [0.15, 0.2) is 0 Å². The van der Waals surface area contributed by atoms with Crippen LogP contribution in [0, 0.1) is 18.7 Å². The number of piperidine rings is 2. The van der Waals surface area contributed by atoms with Gasteiger partial charge in [-0.2, -0.15) is 5.10 Å². The van der Waals surface area contributed by atoms with E-state index < -0.39 is 0 Å². The van der Waals surface area contributed by atoms with Gasteiger partial charge < -0.3 is 10.2 Å². The number of halogens is 1. The lowest BCUT2D eigenvalue weighted by molar-refractivity contribution is 0.0575. The van der Waals surface area contributed by atoms with Crippen LogP contribution in [-0.4, -0.2) is 46.3 Å². The van der Waals surface area contributed by atoms with E-state index in [0.717, 1.165) is 0 Å². The number of carbonyl (C=O) groups is 1. The van der Waals surface area contributed by atoms with Crippen LogP contribution in [0.4, 0.5) is 4.39 Å². The number of aromatic nitrogens is 2. The molecule has 1 aromatic carbocycles. The van der Waals surface area contributed by atoms with Crippen molar-refractivity contribution in [1.29, 1.82) is 0 Å². The number of hydrogen-bond donors (Lipinski definition) is 1. The molecule has 144 valence electrons. The standard InChI is InChI=1S/C21H27FN4O/c1-15-17(14-24-26(15)20-10-3-2-8-18(20)22)21(27)23-13-16-7-6-12-25-11-5-4-9-19(16)25/h2-3,8,10,14,16,19H,4-7,9,11-13H2,1H3,(H,23,27). The van der Waals surface area contributed by atoms with Gasteiger partial charge in [-0.25, -0.2) is 9.07 Å². The summed E-state index contributed by atoms with van der Waals surface area (Å²) in [7, 11) is 0. The summed E-state index contributed by atoms with van der Waals surface area (Å²) in [6, 6.07) is 7.07. The number of rotatable bonds is 4. The van der Waals surface area contributed by atoms with Gasteiger partial charge in [-0.1, -0.05) is 18.6 Å². The van der Waals surface area contributed by atoms with E-state index in [-0.39, 0.29) is 11.7 Å². The molecule has 2 unspecified atom stereocenters. The molecule has 1 amide bonds. The zero-order chi connectivity index (χ0) is 18.8. The van der Waals surface area contributed by atoms with Gasteiger partial charge >= 0.3 is 0 Å². The highest BCUT2D eigenvalue weighted by Gasteiger charge is 2.33. The Labute approximate surface area is 159 Å². The lowest BCUT2D eigenvalue weighted by Gasteiger charge is -2.44. The normalized spacial score (nSPS) is 23.0. The third-order valence-electron chi connectivity index (χ3n) is 6.09. The maximum Gasteiger partial charge on any atom is 0.254 e. The molecule has 2 aromatic rings. The number of fused-ring (bicyclic) bond motifs is 1. The molecule has 2 aliphatic heterocycles. The first-order valence-electron chi connectivity index (χ1n) is 9.97. The Hall–Kier alpha value is -2.21. The van der Waals surface area contributed by atoms with Crippen LogP contribution in [0.1, 0.15) is 48.2 Å². The molecule has 2 saturated heterocycles. The van der Waals surface area contributed by atoms with E-state index in [1.54, 1.807) is 25.1 Å². The first-order valence-corrected chi connectivity index (χ1v) is 9.97. The Bertz CT molecular complexity index is 816. The fourth-order valence-electron chi connectivity index (χ4n) is 4.63. The summed E-state index contributed by atoms with van der Waals surface area (Å²) in [5.41, 5.74) is 1.52. The van der Waals surface area contributed by atoms with Crippen LogP contribution in [0.15, 0.2) is 30.5 Å². The van der Waals surface area contributed by atoms with Gasteiger partial charge in [-0.05, 0) is 63.7 Å². The van der Waals surface area contributed by atoms with Crippen molar-refractivity contribution in [3.05, 3.63) is 47.5 Å². The highest BCUT2D eigenvalue weighted by atomic mass is 19.1. The van der Waals surface area contributed by atoms with Crippen LogP contribution in [0.3, 0.4) is 0 Å². The molecular formula is C21H27FN4O. The average Bonchev–Trinajstić information content (AvgIpc) is 3.08. The first kappa shape index (κ1) is 18.2. The Morgan fingerprint density at radius 1 is 1.22 bits per heavy atom. The van der Waals surface area contributed by atoms with Gasteiger partial charge in [-0.3, -0.25) is 4.79 Å². The fourth-order valence-corrected chi connectivity index (χ4v) is 4.63. The van der Waals surface area contributed by atoms with E-state index >= 15 is 0 Å². The van der Waals surface area contributed by atoms with Crippen LogP contribution in [0.25, 0.3) is 5.69 Å². The average molecular weight is 370 g/mol. The third-order valence-corrected chi connectivity index (χ3v) is 6.09. The summed E-state index contributed by atoms with van der Waals surface area (Å²) >= 11 is 0. The van der Waals surface area contributed by atoms with E-state index in [4.69, 9.17) is 0 Å². The third kappa shape index (κ3) is 3.63. The molecule has 0 bridgehead atoms. The van der Waals surface area contributed by atoms with Crippen molar-refractivity contribution < 1.29 is 9.18 Å². The molecule has 1 aromatic heterocycles. The molecule has 5 nitrogen and oxygen atoms in total. The van der Waals surface area contributed by atoms with Crippen molar-refractivity contribution in [1.82, 2.24) is 20.0 Å². The Morgan fingerprint density at radius 2 is 2.04 bits per heavy atom. The smallest absolute Gasteiger partial charge is 0.254 e. The van der Waals surface area contributed by atoms with E-state index in [1.807, 2.05) is 0 Å². The lowest BCUT2D eigenvalue weighted by Crippen LogP contribution is -2.51. The summed E-state index contributed by atoms with van der Waals surface area (Å²) in [6.07, 6.45) is 7.75. The second-order valence-corrected chi connectivity index (χ2v) is 7.72. The van der Waals surface area contributed by atoms with Gasteiger partial charge in [0.1, 0.15) is 11.5 Å². The van der Waals surface area contributed by atoms with Gasteiger partial charge in [0, 0.05) is 12.6 Å². The molecule has 2 atom stereocenters. The van der Waals surface area contributed by atoms with Gasteiger partial charge in [-0.15, -0.1) is 0 Å². The number of benzene rings is 1. The highest BCUT2D eigenvalue weighted by molar-refractivity contribution is 5.95. The molecule has 0 spiro atoms. The Morgan fingerprint density at radius 3 is 2.89 bits per heavy atom. The van der Waals surface area contributed by atoms with Crippen molar-refractivity contribution in [3.63, 3.8) is 0 Å². The molecule has 1 N–H and O–H groups in total. The number of nitrogens with one attached hydrogen (secondary N) is 1. The molecule has 3 heterocycles. The minimum Gasteiger partial charge on any atom is -0.352 e. The SMILES string of the molecule is Cc1c(C(=O)NCC2CCCN3CCCCC23)cnn1-c1ccccc1F. The van der Waals surface area contributed by atoms with Crippen LogP contribution in [0.5, 0.6) is 0 Å². The van der Waals surface area contributed by atoms with Crippen LogP contribution < -0.4 is 5.32 Å². The van der Waals surface area contributed by atoms with E-state index in [0.29, 0.717) is 35.4 Å². The largest absolute Gasteiger partial charge is 0.352 e. The zero-order valence-corrected chi connectivity index (χ0v) is 15.8. The van der Waals surface area contributed by atoms with E-state index in [2.05, 4.69) is 15.3 Å². The monoisotopic (exact) mass is 370 g/mol. The molecule has 2 fully saturated rings. The van der Waals surface area contributed by atoms with Crippen LogP contribution in [0.2, 0.25) is 0 Å². The van der Waals surface area contributed by atoms with Crippen molar-refractivity contribution >= 4 is 5.91 Å². The predicted octanol–water partition coefficient (Wildman–Crippen LogP) is 3.31. The Kier molecular flexibility index (Phi) is 5.25. The minimum atomic E-state index is -0.352. The van der Waals surface area contributed by atoms with E-state index in [9.17, 15) is 9.18 Å². The fraction of sp³-hybridized carbons (Fsp3) is 0.524. The van der Waals surface area contributed by atoms with Crippen molar-refractivity contribution in [2.75, 3.05) is 19.6 Å². The molecular weight excluding hydrogens is 343 g/mol. The van der Waals surface area contributed by atoms with E-state index in [1.165, 1.54) is 62.1 Å². The molecule has 2 aliphatic rings.